The van der Waals surface area contributed by atoms with Crippen LogP contribution < -0.4 is 0 Å². The van der Waals surface area contributed by atoms with Crippen LogP contribution in [0.25, 0.3) is 10.9 Å². The summed E-state index contributed by atoms with van der Waals surface area (Å²) in [6.45, 7) is 2.02. The second kappa shape index (κ2) is 7.69. The van der Waals surface area contributed by atoms with E-state index in [1.54, 1.807) is 4.90 Å². The molecule has 138 valence electrons. The van der Waals surface area contributed by atoms with Gasteiger partial charge in [0.25, 0.3) is 11.7 Å². The zero-order valence-corrected chi connectivity index (χ0v) is 16.6. The summed E-state index contributed by atoms with van der Waals surface area (Å²) in [4.78, 5) is 27.4. The third-order valence-electron chi connectivity index (χ3n) is 5.14. The lowest BCUT2D eigenvalue weighted by Gasteiger charge is -2.25. The van der Waals surface area contributed by atoms with Crippen LogP contribution in [0.15, 0.2) is 59.2 Å². The summed E-state index contributed by atoms with van der Waals surface area (Å²) in [5.74, 6) is -0.774. The first-order valence-corrected chi connectivity index (χ1v) is 10.1. The molecule has 1 aliphatic rings. The predicted octanol–water partition coefficient (Wildman–Crippen LogP) is 4.65. The van der Waals surface area contributed by atoms with Crippen molar-refractivity contribution in [2.45, 2.75) is 25.8 Å². The highest BCUT2D eigenvalue weighted by molar-refractivity contribution is 9.10. The molecule has 1 aliphatic heterocycles. The van der Waals surface area contributed by atoms with Gasteiger partial charge in [-0.3, -0.25) is 9.59 Å². The van der Waals surface area contributed by atoms with Crippen LogP contribution in [0.5, 0.6) is 0 Å². The second-order valence-electron chi connectivity index (χ2n) is 7.00. The Hall–Kier alpha value is -2.40. The molecule has 27 heavy (non-hydrogen) atoms. The van der Waals surface area contributed by atoms with Crippen LogP contribution in [0, 0.1) is 0 Å². The second-order valence-corrected chi connectivity index (χ2v) is 7.91. The number of fused-ring (bicyclic) bond motifs is 1. The van der Waals surface area contributed by atoms with E-state index in [1.165, 1.54) is 0 Å². The van der Waals surface area contributed by atoms with Crippen LogP contribution in [0.2, 0.25) is 0 Å². The van der Waals surface area contributed by atoms with Crippen LogP contribution in [0.1, 0.15) is 35.2 Å². The van der Waals surface area contributed by atoms with E-state index in [9.17, 15) is 9.59 Å². The Morgan fingerprint density at radius 1 is 0.926 bits per heavy atom. The largest absolute Gasteiger partial charge is 0.342 e. The Bertz CT molecular complexity index is 985. The molecule has 0 unspecified atom stereocenters. The summed E-state index contributed by atoms with van der Waals surface area (Å²) in [5, 5.41) is 0.838. The van der Waals surface area contributed by atoms with Crippen molar-refractivity contribution in [2.75, 3.05) is 13.1 Å². The van der Waals surface area contributed by atoms with E-state index in [2.05, 4.69) is 32.6 Å². The number of piperidine rings is 1. The molecule has 1 amide bonds. The smallest absolute Gasteiger partial charge is 0.295 e. The molecule has 2 heterocycles. The van der Waals surface area contributed by atoms with Gasteiger partial charge in [-0.15, -0.1) is 0 Å². The minimum Gasteiger partial charge on any atom is -0.342 e. The van der Waals surface area contributed by atoms with E-state index in [0.29, 0.717) is 25.2 Å². The van der Waals surface area contributed by atoms with Gasteiger partial charge in [0, 0.05) is 41.2 Å². The van der Waals surface area contributed by atoms with Crippen molar-refractivity contribution in [3.05, 3.63) is 70.3 Å². The van der Waals surface area contributed by atoms with Gasteiger partial charge in [-0.2, -0.15) is 0 Å². The summed E-state index contributed by atoms with van der Waals surface area (Å²) in [6, 6.07) is 15.9. The highest BCUT2D eigenvalue weighted by Crippen LogP contribution is 2.24. The first-order valence-electron chi connectivity index (χ1n) is 9.29. The van der Waals surface area contributed by atoms with Gasteiger partial charge >= 0.3 is 0 Å². The van der Waals surface area contributed by atoms with E-state index < -0.39 is 5.78 Å². The molecule has 1 saturated heterocycles. The van der Waals surface area contributed by atoms with E-state index in [1.807, 2.05) is 42.6 Å². The number of nitrogens with zero attached hydrogens (tertiary/aromatic N) is 2. The topological polar surface area (TPSA) is 42.3 Å². The lowest BCUT2D eigenvalue weighted by atomic mass is 10.1. The Kier molecular flexibility index (Phi) is 5.12. The molecule has 0 N–H and O–H groups in total. The predicted molar refractivity (Wildman–Crippen MR) is 110 cm³/mol. The number of para-hydroxylation sites is 1. The lowest BCUT2D eigenvalue weighted by Crippen LogP contribution is -2.40. The maximum absolute atomic E-state index is 13.0. The van der Waals surface area contributed by atoms with Gasteiger partial charge in [-0.25, -0.2) is 0 Å². The lowest BCUT2D eigenvalue weighted by molar-refractivity contribution is -0.127. The van der Waals surface area contributed by atoms with Crippen molar-refractivity contribution in [1.82, 2.24) is 9.47 Å². The maximum Gasteiger partial charge on any atom is 0.295 e. The molecule has 5 heteroatoms. The third kappa shape index (κ3) is 3.69. The molecule has 0 bridgehead atoms. The summed E-state index contributed by atoms with van der Waals surface area (Å²) < 4.78 is 3.08. The third-order valence-corrected chi connectivity index (χ3v) is 5.67. The van der Waals surface area contributed by atoms with Crippen LogP contribution in [-0.2, 0) is 11.3 Å². The molecule has 0 aliphatic carbocycles. The van der Waals surface area contributed by atoms with Crippen LogP contribution in [0.4, 0.5) is 0 Å². The minimum absolute atomic E-state index is 0.374. The van der Waals surface area contributed by atoms with Crippen LogP contribution in [-0.4, -0.2) is 34.2 Å². The fourth-order valence-electron chi connectivity index (χ4n) is 3.70. The van der Waals surface area contributed by atoms with Crippen molar-refractivity contribution in [3.63, 3.8) is 0 Å². The number of rotatable bonds is 4. The summed E-state index contributed by atoms with van der Waals surface area (Å²) in [5.41, 5.74) is 2.61. The highest BCUT2D eigenvalue weighted by Gasteiger charge is 2.27. The van der Waals surface area contributed by atoms with Crippen molar-refractivity contribution >= 4 is 38.5 Å². The molecule has 1 fully saturated rings. The number of likely N-dealkylation sites (tertiary alicyclic amines) is 1. The molecular weight excluding hydrogens is 404 g/mol. The fraction of sp³-hybridized carbons (Fsp3) is 0.273. The number of carbonyl (C=O) groups excluding carboxylic acids is 2. The number of amides is 1. The summed E-state index contributed by atoms with van der Waals surface area (Å²) >= 11 is 3.45. The average Bonchev–Trinajstić information content (AvgIpc) is 3.08. The van der Waals surface area contributed by atoms with Gasteiger partial charge in [0.15, 0.2) is 0 Å². The molecule has 0 saturated carbocycles. The van der Waals surface area contributed by atoms with Gasteiger partial charge in [0.2, 0.25) is 0 Å². The van der Waals surface area contributed by atoms with Crippen molar-refractivity contribution in [2.24, 2.45) is 0 Å². The van der Waals surface area contributed by atoms with Crippen molar-refractivity contribution < 1.29 is 9.59 Å². The van der Waals surface area contributed by atoms with Gasteiger partial charge in [0.1, 0.15) is 0 Å². The summed E-state index contributed by atoms with van der Waals surface area (Å²) in [6.07, 6.45) is 4.91. The monoisotopic (exact) mass is 424 g/mol. The van der Waals surface area contributed by atoms with Crippen molar-refractivity contribution in [1.29, 1.82) is 0 Å². The number of carbonyl (C=O) groups is 2. The average molecular weight is 425 g/mol. The molecule has 4 nitrogen and oxygen atoms in total. The molecule has 0 spiro atoms. The normalized spacial score (nSPS) is 14.5. The molecule has 0 radical (unpaired) electrons. The number of hydrogen-bond donors (Lipinski definition) is 0. The van der Waals surface area contributed by atoms with Gasteiger partial charge in [0.05, 0.1) is 5.56 Å². The first-order chi connectivity index (χ1) is 13.1. The van der Waals surface area contributed by atoms with Gasteiger partial charge < -0.3 is 9.47 Å². The quantitative estimate of drug-likeness (QED) is 0.451. The number of halogens is 1. The van der Waals surface area contributed by atoms with Crippen molar-refractivity contribution in [3.8, 4) is 0 Å². The SMILES string of the molecule is O=C(C(=O)N1CCCCC1)c1cn(Cc2ccc(Br)cc2)c2ccccc12. The Labute approximate surface area is 166 Å². The van der Waals surface area contributed by atoms with Gasteiger partial charge in [-0.05, 0) is 43.0 Å². The molecule has 2 aromatic carbocycles. The fourth-order valence-corrected chi connectivity index (χ4v) is 3.97. The molecule has 1 aromatic heterocycles. The molecule has 0 atom stereocenters. The van der Waals surface area contributed by atoms with Crippen LogP contribution in [0.3, 0.4) is 0 Å². The Morgan fingerprint density at radius 2 is 1.63 bits per heavy atom. The maximum atomic E-state index is 13.0. The highest BCUT2D eigenvalue weighted by atomic mass is 79.9. The number of benzene rings is 2. The number of aromatic nitrogens is 1. The minimum atomic E-state index is -0.400. The Balaban J connectivity index is 1.67. The number of hydrogen-bond acceptors (Lipinski definition) is 2. The van der Waals surface area contributed by atoms with E-state index >= 15 is 0 Å². The zero-order chi connectivity index (χ0) is 18.8. The van der Waals surface area contributed by atoms with E-state index in [4.69, 9.17) is 0 Å². The van der Waals surface area contributed by atoms with E-state index in [0.717, 1.165) is 40.2 Å². The first kappa shape index (κ1) is 18.0. The van der Waals surface area contributed by atoms with Gasteiger partial charge in [-0.1, -0.05) is 46.3 Å². The molecule has 3 aromatic rings. The zero-order valence-electron chi connectivity index (χ0n) is 15.0. The Morgan fingerprint density at radius 3 is 2.37 bits per heavy atom. The molecule has 4 rings (SSSR count). The number of Topliss-reactive ketones (excluding diaryl/α,β-unsaturated/α-hetero) is 1. The summed E-state index contributed by atoms with van der Waals surface area (Å²) in [7, 11) is 0. The molecular formula is C22H21BrN2O2. The van der Waals surface area contributed by atoms with E-state index in [-0.39, 0.29) is 5.91 Å². The standard InChI is InChI=1S/C22H21BrN2O2/c23-17-10-8-16(9-11-17)14-25-15-19(18-6-2-3-7-20(18)25)21(26)22(27)24-12-4-1-5-13-24/h2-3,6-11,15H,1,4-5,12-14H2. The van der Waals surface area contributed by atoms with Crippen LogP contribution >= 0.6 is 15.9 Å². The number of ketones is 1.